The van der Waals surface area contributed by atoms with Gasteiger partial charge in [0.15, 0.2) is 0 Å². The Balaban J connectivity index is 1.50. The molecular weight excluding hydrogens is 320 g/mol. The maximum Gasteiger partial charge on any atom is 0.119 e. The summed E-state index contributed by atoms with van der Waals surface area (Å²) in [7, 11) is 0. The average molecular weight is 346 g/mol. The van der Waals surface area contributed by atoms with Crippen LogP contribution < -0.4 is 15.8 Å². The van der Waals surface area contributed by atoms with E-state index < -0.39 is 0 Å². The van der Waals surface area contributed by atoms with Gasteiger partial charge in [0, 0.05) is 18.8 Å². The first kappa shape index (κ1) is 18.0. The van der Waals surface area contributed by atoms with Crippen LogP contribution in [0.3, 0.4) is 0 Å². The molecule has 0 aromatic heterocycles. The zero-order valence-electron chi connectivity index (χ0n) is 15.0. The molecule has 0 bridgehead atoms. The van der Waals surface area contributed by atoms with Crippen LogP contribution in [0.25, 0.3) is 0 Å². The van der Waals surface area contributed by atoms with Crippen LogP contribution in [0.2, 0.25) is 0 Å². The SMILES string of the molecule is NCCOc1cccc(CCc2ccc(CNc3ccccc3)cc2)c1. The number of hydrogen-bond donors (Lipinski definition) is 2. The fourth-order valence-corrected chi connectivity index (χ4v) is 2.84. The molecule has 3 rings (SSSR count). The van der Waals surface area contributed by atoms with E-state index in [0.29, 0.717) is 13.2 Å². The van der Waals surface area contributed by atoms with Crippen LogP contribution >= 0.6 is 0 Å². The number of nitrogens with one attached hydrogen (secondary N) is 1. The summed E-state index contributed by atoms with van der Waals surface area (Å²) in [6.07, 6.45) is 2.02. The largest absolute Gasteiger partial charge is 0.492 e. The van der Waals surface area contributed by atoms with Crippen molar-refractivity contribution in [1.29, 1.82) is 0 Å². The Kier molecular flexibility index (Phi) is 6.68. The van der Waals surface area contributed by atoms with E-state index in [1.165, 1.54) is 16.7 Å². The van der Waals surface area contributed by atoms with Crippen molar-refractivity contribution in [2.24, 2.45) is 5.73 Å². The lowest BCUT2D eigenvalue weighted by Gasteiger charge is -2.09. The van der Waals surface area contributed by atoms with Crippen LogP contribution in [0.4, 0.5) is 5.69 Å². The van der Waals surface area contributed by atoms with Gasteiger partial charge in [0.05, 0.1) is 0 Å². The lowest BCUT2D eigenvalue weighted by atomic mass is 10.0. The Morgan fingerprint density at radius 1 is 0.731 bits per heavy atom. The second-order valence-electron chi connectivity index (χ2n) is 6.32. The highest BCUT2D eigenvalue weighted by atomic mass is 16.5. The summed E-state index contributed by atoms with van der Waals surface area (Å²) < 4.78 is 5.60. The minimum absolute atomic E-state index is 0.537. The van der Waals surface area contributed by atoms with Crippen molar-refractivity contribution in [1.82, 2.24) is 0 Å². The molecule has 3 nitrogen and oxygen atoms in total. The van der Waals surface area contributed by atoms with Crippen molar-refractivity contribution in [3.05, 3.63) is 95.6 Å². The van der Waals surface area contributed by atoms with Gasteiger partial charge in [-0.05, 0) is 53.8 Å². The highest BCUT2D eigenvalue weighted by Crippen LogP contribution is 2.16. The third-order valence-corrected chi connectivity index (χ3v) is 4.28. The molecule has 0 radical (unpaired) electrons. The second-order valence-corrected chi connectivity index (χ2v) is 6.32. The van der Waals surface area contributed by atoms with Gasteiger partial charge in [-0.15, -0.1) is 0 Å². The number of benzene rings is 3. The molecule has 0 aliphatic heterocycles. The van der Waals surface area contributed by atoms with Gasteiger partial charge in [-0.3, -0.25) is 0 Å². The smallest absolute Gasteiger partial charge is 0.119 e. The van der Waals surface area contributed by atoms with Crippen LogP contribution in [-0.4, -0.2) is 13.2 Å². The molecule has 3 aromatic carbocycles. The number of nitrogens with two attached hydrogens (primary N) is 1. The molecule has 0 heterocycles. The molecule has 0 spiro atoms. The number of aryl methyl sites for hydroxylation is 2. The van der Waals surface area contributed by atoms with Gasteiger partial charge in [-0.25, -0.2) is 0 Å². The van der Waals surface area contributed by atoms with Gasteiger partial charge >= 0.3 is 0 Å². The van der Waals surface area contributed by atoms with Crippen LogP contribution in [0.1, 0.15) is 16.7 Å². The molecule has 0 fully saturated rings. The van der Waals surface area contributed by atoms with Crippen LogP contribution in [0, 0.1) is 0 Å². The maximum absolute atomic E-state index is 5.60. The average Bonchev–Trinajstić information content (AvgIpc) is 2.71. The summed E-state index contributed by atoms with van der Waals surface area (Å²) >= 11 is 0. The third-order valence-electron chi connectivity index (χ3n) is 4.28. The molecule has 0 amide bonds. The Labute approximate surface area is 155 Å². The van der Waals surface area contributed by atoms with E-state index in [2.05, 4.69) is 53.8 Å². The molecular formula is C23H26N2O. The van der Waals surface area contributed by atoms with E-state index in [-0.39, 0.29) is 0 Å². The van der Waals surface area contributed by atoms with Gasteiger partial charge in [-0.2, -0.15) is 0 Å². The van der Waals surface area contributed by atoms with Crippen molar-refractivity contribution in [3.8, 4) is 5.75 Å². The Morgan fingerprint density at radius 3 is 2.23 bits per heavy atom. The zero-order valence-corrected chi connectivity index (χ0v) is 15.0. The summed E-state index contributed by atoms with van der Waals surface area (Å²) in [5, 5.41) is 3.44. The summed E-state index contributed by atoms with van der Waals surface area (Å²) in [5.41, 5.74) is 10.6. The molecule has 0 saturated heterocycles. The lowest BCUT2D eigenvalue weighted by Crippen LogP contribution is -2.10. The summed E-state index contributed by atoms with van der Waals surface area (Å²) in [6.45, 7) is 1.93. The molecule has 0 aliphatic rings. The minimum Gasteiger partial charge on any atom is -0.492 e. The van der Waals surface area contributed by atoms with E-state index in [1.807, 2.05) is 30.3 Å². The van der Waals surface area contributed by atoms with Gasteiger partial charge in [0.2, 0.25) is 0 Å². The Morgan fingerprint density at radius 2 is 1.46 bits per heavy atom. The van der Waals surface area contributed by atoms with Crippen molar-refractivity contribution in [3.63, 3.8) is 0 Å². The molecule has 3 heteroatoms. The van der Waals surface area contributed by atoms with Crippen molar-refractivity contribution in [2.45, 2.75) is 19.4 Å². The topological polar surface area (TPSA) is 47.3 Å². The van der Waals surface area contributed by atoms with E-state index >= 15 is 0 Å². The number of para-hydroxylation sites is 1. The first-order chi connectivity index (χ1) is 12.8. The van der Waals surface area contributed by atoms with E-state index in [9.17, 15) is 0 Å². The van der Waals surface area contributed by atoms with Crippen LogP contribution in [0.15, 0.2) is 78.9 Å². The third kappa shape index (κ3) is 5.64. The quantitative estimate of drug-likeness (QED) is 0.603. The minimum atomic E-state index is 0.537. The summed E-state index contributed by atoms with van der Waals surface area (Å²) in [4.78, 5) is 0. The zero-order chi connectivity index (χ0) is 18.0. The van der Waals surface area contributed by atoms with Crippen molar-refractivity contribution >= 4 is 5.69 Å². The molecule has 3 aromatic rings. The maximum atomic E-state index is 5.60. The molecule has 0 saturated carbocycles. The molecule has 26 heavy (non-hydrogen) atoms. The highest BCUT2D eigenvalue weighted by molar-refractivity contribution is 5.43. The van der Waals surface area contributed by atoms with Gasteiger partial charge in [0.25, 0.3) is 0 Å². The van der Waals surface area contributed by atoms with Crippen molar-refractivity contribution in [2.75, 3.05) is 18.5 Å². The van der Waals surface area contributed by atoms with Crippen molar-refractivity contribution < 1.29 is 4.74 Å². The van der Waals surface area contributed by atoms with Gasteiger partial charge in [0.1, 0.15) is 12.4 Å². The predicted octanol–water partition coefficient (Wildman–Crippen LogP) is 4.42. The Hall–Kier alpha value is -2.78. The standard InChI is InChI=1S/C23H26N2O/c24-15-16-26-23-8-4-5-20(17-23)12-9-19-10-13-21(14-11-19)18-25-22-6-2-1-3-7-22/h1-8,10-11,13-14,17,25H,9,12,15-16,18,24H2. The summed E-state index contributed by atoms with van der Waals surface area (Å²) in [6, 6.07) is 27.4. The number of anilines is 1. The van der Waals surface area contributed by atoms with Crippen LogP contribution in [0.5, 0.6) is 5.75 Å². The first-order valence-electron chi connectivity index (χ1n) is 9.12. The molecule has 0 unspecified atom stereocenters. The molecule has 134 valence electrons. The monoisotopic (exact) mass is 346 g/mol. The number of hydrogen-bond acceptors (Lipinski definition) is 3. The van der Waals surface area contributed by atoms with E-state index in [1.54, 1.807) is 0 Å². The summed E-state index contributed by atoms with van der Waals surface area (Å²) in [5.74, 6) is 0.898. The van der Waals surface area contributed by atoms with E-state index in [4.69, 9.17) is 10.5 Å². The van der Waals surface area contributed by atoms with Gasteiger partial charge < -0.3 is 15.8 Å². The molecule has 0 atom stereocenters. The highest BCUT2D eigenvalue weighted by Gasteiger charge is 2.00. The first-order valence-corrected chi connectivity index (χ1v) is 9.12. The second kappa shape index (κ2) is 9.64. The predicted molar refractivity (Wildman–Crippen MR) is 109 cm³/mol. The lowest BCUT2D eigenvalue weighted by molar-refractivity contribution is 0.328. The fourth-order valence-electron chi connectivity index (χ4n) is 2.84. The number of ether oxygens (including phenoxy) is 1. The van der Waals surface area contributed by atoms with Gasteiger partial charge in [-0.1, -0.05) is 54.6 Å². The molecule has 0 aliphatic carbocycles. The Bertz CT molecular complexity index is 785. The van der Waals surface area contributed by atoms with Crippen LogP contribution in [-0.2, 0) is 19.4 Å². The normalized spacial score (nSPS) is 10.5. The van der Waals surface area contributed by atoms with E-state index in [0.717, 1.165) is 30.8 Å². The molecule has 3 N–H and O–H groups in total. The number of rotatable bonds is 9. The fraction of sp³-hybridized carbons (Fsp3) is 0.217.